The van der Waals surface area contributed by atoms with Gasteiger partial charge in [-0.15, -0.1) is 10.2 Å². The van der Waals surface area contributed by atoms with Gasteiger partial charge in [-0.1, -0.05) is 24.3 Å². The highest BCUT2D eigenvalue weighted by atomic mass is 16.4. The Bertz CT molecular complexity index is 1370. The molecule has 8 heteroatoms. The summed E-state index contributed by atoms with van der Waals surface area (Å²) in [6, 6.07) is 18.9. The first-order chi connectivity index (χ1) is 16.2. The van der Waals surface area contributed by atoms with Gasteiger partial charge in [0.05, 0.1) is 5.69 Å². The fourth-order valence-corrected chi connectivity index (χ4v) is 4.29. The Labute approximate surface area is 190 Å². The molecule has 0 atom stereocenters. The third-order valence-corrected chi connectivity index (χ3v) is 6.26. The summed E-state index contributed by atoms with van der Waals surface area (Å²) in [4.78, 5) is 9.40. The minimum Gasteiger partial charge on any atom is -0.423 e. The van der Waals surface area contributed by atoms with Crippen molar-refractivity contribution in [3.05, 3.63) is 67.2 Å². The van der Waals surface area contributed by atoms with E-state index < -0.39 is 0 Å². The van der Waals surface area contributed by atoms with Crippen molar-refractivity contribution in [2.75, 3.05) is 38.1 Å². The van der Waals surface area contributed by atoms with Gasteiger partial charge in [0.25, 0.3) is 0 Å². The monoisotopic (exact) mass is 437 g/mol. The molecule has 4 heterocycles. The number of piperazine rings is 1. The minimum absolute atomic E-state index is 0.500. The molecule has 1 aliphatic rings. The molecule has 0 bridgehead atoms. The predicted molar refractivity (Wildman–Crippen MR) is 128 cm³/mol. The van der Waals surface area contributed by atoms with Crippen LogP contribution in [-0.2, 0) is 0 Å². The predicted octanol–water partition coefficient (Wildman–Crippen LogP) is 4.09. The number of hydrogen-bond donors (Lipinski definition) is 1. The standard InChI is InChI=1S/C25H23N7O/c1-31-10-12-32(13-11-31)21-8-6-17(7-9-21)20-14-22-23(28-29-24(22)26-15-20)18-2-4-19(5-3-18)25-30-27-16-33-25/h2-9,14-16H,10-13H2,1H3,(H,26,28,29). The molecule has 1 fully saturated rings. The van der Waals surface area contributed by atoms with Crippen LogP contribution < -0.4 is 4.90 Å². The van der Waals surface area contributed by atoms with Crippen LogP contribution in [0.25, 0.3) is 44.9 Å². The first-order valence-electron chi connectivity index (χ1n) is 11.0. The zero-order chi connectivity index (χ0) is 22.2. The van der Waals surface area contributed by atoms with Crippen molar-refractivity contribution in [2.45, 2.75) is 0 Å². The summed E-state index contributed by atoms with van der Waals surface area (Å²) in [7, 11) is 2.18. The first kappa shape index (κ1) is 19.6. The molecule has 5 aromatic rings. The van der Waals surface area contributed by atoms with Gasteiger partial charge in [-0.05, 0) is 42.9 Å². The third kappa shape index (κ3) is 3.74. The second-order valence-electron chi connectivity index (χ2n) is 8.35. The zero-order valence-electron chi connectivity index (χ0n) is 18.3. The quantitative estimate of drug-likeness (QED) is 0.453. The molecule has 2 aromatic carbocycles. The maximum absolute atomic E-state index is 5.28. The molecule has 0 aliphatic carbocycles. The Morgan fingerprint density at radius 2 is 1.58 bits per heavy atom. The second kappa shape index (κ2) is 8.14. The van der Waals surface area contributed by atoms with E-state index in [1.807, 2.05) is 30.5 Å². The second-order valence-corrected chi connectivity index (χ2v) is 8.35. The highest BCUT2D eigenvalue weighted by Gasteiger charge is 2.15. The van der Waals surface area contributed by atoms with Gasteiger partial charge in [-0.2, -0.15) is 5.10 Å². The van der Waals surface area contributed by atoms with Crippen LogP contribution in [0.2, 0.25) is 0 Å². The molecular formula is C25H23N7O. The van der Waals surface area contributed by atoms with Gasteiger partial charge in [0, 0.05) is 60.1 Å². The van der Waals surface area contributed by atoms with Crippen LogP contribution in [0.5, 0.6) is 0 Å². The van der Waals surface area contributed by atoms with Gasteiger partial charge in [0.1, 0.15) is 0 Å². The molecule has 0 amide bonds. The van der Waals surface area contributed by atoms with Crippen molar-refractivity contribution in [3.63, 3.8) is 0 Å². The van der Waals surface area contributed by atoms with Gasteiger partial charge in [-0.3, -0.25) is 5.10 Å². The number of likely N-dealkylation sites (N-methyl/N-ethyl adjacent to an activating group) is 1. The van der Waals surface area contributed by atoms with Crippen molar-refractivity contribution >= 4 is 16.7 Å². The van der Waals surface area contributed by atoms with E-state index in [2.05, 4.69) is 72.6 Å². The van der Waals surface area contributed by atoms with Gasteiger partial charge in [0.15, 0.2) is 5.65 Å². The summed E-state index contributed by atoms with van der Waals surface area (Å²) < 4.78 is 5.28. The average molecular weight is 438 g/mol. The van der Waals surface area contributed by atoms with Gasteiger partial charge < -0.3 is 14.2 Å². The lowest BCUT2D eigenvalue weighted by Crippen LogP contribution is -2.44. The topological polar surface area (TPSA) is 87.0 Å². The summed E-state index contributed by atoms with van der Waals surface area (Å²) in [5, 5.41) is 16.2. The lowest BCUT2D eigenvalue weighted by molar-refractivity contribution is 0.313. The summed E-state index contributed by atoms with van der Waals surface area (Å²) in [6.07, 6.45) is 3.22. The number of H-pyrrole nitrogens is 1. The number of aromatic nitrogens is 5. The smallest absolute Gasteiger partial charge is 0.247 e. The normalized spacial score (nSPS) is 14.8. The van der Waals surface area contributed by atoms with E-state index in [-0.39, 0.29) is 0 Å². The Morgan fingerprint density at radius 1 is 0.848 bits per heavy atom. The fourth-order valence-electron chi connectivity index (χ4n) is 4.29. The number of rotatable bonds is 4. The molecule has 164 valence electrons. The summed E-state index contributed by atoms with van der Waals surface area (Å²) in [5.41, 5.74) is 7.00. The average Bonchev–Trinajstić information content (AvgIpc) is 3.55. The maximum Gasteiger partial charge on any atom is 0.247 e. The van der Waals surface area contributed by atoms with Crippen LogP contribution in [0, 0.1) is 0 Å². The van der Waals surface area contributed by atoms with E-state index in [1.54, 1.807) is 0 Å². The lowest BCUT2D eigenvalue weighted by Gasteiger charge is -2.34. The van der Waals surface area contributed by atoms with E-state index in [1.165, 1.54) is 12.1 Å². The number of fused-ring (bicyclic) bond motifs is 1. The molecule has 0 spiro atoms. The zero-order valence-corrected chi connectivity index (χ0v) is 18.3. The van der Waals surface area contributed by atoms with Gasteiger partial charge in [0.2, 0.25) is 12.3 Å². The molecule has 6 rings (SSSR count). The van der Waals surface area contributed by atoms with Crippen LogP contribution in [0.1, 0.15) is 0 Å². The fraction of sp³-hybridized carbons (Fsp3) is 0.200. The van der Waals surface area contributed by atoms with Gasteiger partial charge in [-0.25, -0.2) is 4.98 Å². The molecule has 1 aliphatic heterocycles. The van der Waals surface area contributed by atoms with Crippen molar-refractivity contribution in [3.8, 4) is 33.8 Å². The highest BCUT2D eigenvalue weighted by Crippen LogP contribution is 2.31. The first-order valence-corrected chi connectivity index (χ1v) is 11.0. The molecular weight excluding hydrogens is 414 g/mol. The van der Waals surface area contributed by atoms with E-state index >= 15 is 0 Å². The molecule has 0 saturated carbocycles. The molecule has 8 nitrogen and oxygen atoms in total. The van der Waals surface area contributed by atoms with Crippen LogP contribution in [0.3, 0.4) is 0 Å². The van der Waals surface area contributed by atoms with Crippen LogP contribution in [-0.4, -0.2) is 63.5 Å². The molecule has 1 N–H and O–H groups in total. The van der Waals surface area contributed by atoms with Crippen molar-refractivity contribution < 1.29 is 4.42 Å². The van der Waals surface area contributed by atoms with Crippen LogP contribution in [0.15, 0.2) is 71.6 Å². The SMILES string of the molecule is CN1CCN(c2ccc(-c3cnc4n[nH]c(-c5ccc(-c6nnco6)cc5)c4c3)cc2)CC1. The molecule has 3 aromatic heterocycles. The van der Waals surface area contributed by atoms with Crippen molar-refractivity contribution in [2.24, 2.45) is 0 Å². The lowest BCUT2D eigenvalue weighted by atomic mass is 10.0. The molecule has 1 saturated heterocycles. The van der Waals surface area contributed by atoms with Crippen molar-refractivity contribution in [1.82, 2.24) is 30.3 Å². The number of benzene rings is 2. The van der Waals surface area contributed by atoms with Crippen molar-refractivity contribution in [1.29, 1.82) is 0 Å². The Kier molecular flexibility index (Phi) is 4.84. The summed E-state index contributed by atoms with van der Waals surface area (Å²) in [5.74, 6) is 0.500. The van der Waals surface area contributed by atoms with Crippen LogP contribution >= 0.6 is 0 Å². The Morgan fingerprint density at radius 3 is 2.30 bits per heavy atom. The maximum atomic E-state index is 5.28. The van der Waals surface area contributed by atoms with E-state index in [0.717, 1.165) is 59.5 Å². The molecule has 0 unspecified atom stereocenters. The molecule has 0 radical (unpaired) electrons. The summed E-state index contributed by atoms with van der Waals surface area (Å²) >= 11 is 0. The van der Waals surface area contributed by atoms with E-state index in [4.69, 9.17) is 4.42 Å². The Hall–Kier alpha value is -4.04. The van der Waals surface area contributed by atoms with E-state index in [9.17, 15) is 0 Å². The number of nitrogens with zero attached hydrogens (tertiary/aromatic N) is 6. The number of aromatic amines is 1. The van der Waals surface area contributed by atoms with Gasteiger partial charge >= 0.3 is 0 Å². The number of nitrogens with one attached hydrogen (secondary N) is 1. The number of anilines is 1. The number of hydrogen-bond acceptors (Lipinski definition) is 7. The third-order valence-electron chi connectivity index (χ3n) is 6.26. The van der Waals surface area contributed by atoms with Crippen LogP contribution in [0.4, 0.5) is 5.69 Å². The minimum atomic E-state index is 0.500. The Balaban J connectivity index is 1.29. The summed E-state index contributed by atoms with van der Waals surface area (Å²) in [6.45, 7) is 4.32. The van der Waals surface area contributed by atoms with E-state index in [0.29, 0.717) is 11.5 Å². The highest BCUT2D eigenvalue weighted by molar-refractivity contribution is 5.93. The number of pyridine rings is 1. The molecule has 33 heavy (non-hydrogen) atoms. The largest absolute Gasteiger partial charge is 0.423 e.